The Labute approximate surface area is 144 Å². The highest BCUT2D eigenvalue weighted by Gasteiger charge is 2.28. The third-order valence-corrected chi connectivity index (χ3v) is 4.83. The summed E-state index contributed by atoms with van der Waals surface area (Å²) in [5.74, 6) is -0.0623. The number of rotatable bonds is 2. The standard InChI is InChI=1S/C20H15N3O2/c1-3-18(24)13-8-17-19-15(10-23(17)20(25)11(13)2)14(9-21)12-6-4-5-7-16(12)22-19/h4-8H,3,10H2,1-2H3. The summed E-state index contributed by atoms with van der Waals surface area (Å²) in [6.45, 7) is 3.77. The Morgan fingerprint density at radius 2 is 2.12 bits per heavy atom. The molecule has 0 bridgehead atoms. The molecule has 1 aliphatic rings. The van der Waals surface area contributed by atoms with Crippen LogP contribution >= 0.6 is 0 Å². The zero-order valence-electron chi connectivity index (χ0n) is 14.0. The lowest BCUT2D eigenvalue weighted by atomic mass is 10.00. The molecule has 0 saturated heterocycles. The van der Waals surface area contributed by atoms with Gasteiger partial charge in [0.25, 0.3) is 5.56 Å². The van der Waals surface area contributed by atoms with Gasteiger partial charge in [0.1, 0.15) is 6.07 Å². The Kier molecular flexibility index (Phi) is 3.29. The van der Waals surface area contributed by atoms with E-state index in [2.05, 4.69) is 11.1 Å². The Morgan fingerprint density at radius 3 is 2.84 bits per heavy atom. The molecule has 0 fully saturated rings. The smallest absolute Gasteiger partial charge is 0.255 e. The highest BCUT2D eigenvalue weighted by Crippen LogP contribution is 2.35. The molecule has 0 N–H and O–H groups in total. The predicted molar refractivity (Wildman–Crippen MR) is 94.6 cm³/mol. The first-order valence-corrected chi connectivity index (χ1v) is 8.16. The summed E-state index contributed by atoms with van der Waals surface area (Å²) in [6, 6.07) is 11.5. The fourth-order valence-corrected chi connectivity index (χ4v) is 3.49. The van der Waals surface area contributed by atoms with Crippen LogP contribution in [0.4, 0.5) is 0 Å². The van der Waals surface area contributed by atoms with Gasteiger partial charge in [0.2, 0.25) is 0 Å². The van der Waals surface area contributed by atoms with E-state index in [4.69, 9.17) is 0 Å². The molecule has 3 aromatic rings. The third-order valence-electron chi connectivity index (χ3n) is 4.83. The molecule has 0 atom stereocenters. The summed E-state index contributed by atoms with van der Waals surface area (Å²) < 4.78 is 1.61. The van der Waals surface area contributed by atoms with Crippen molar-refractivity contribution in [3.05, 3.63) is 62.9 Å². The number of para-hydroxylation sites is 1. The summed E-state index contributed by atoms with van der Waals surface area (Å²) in [4.78, 5) is 29.7. The van der Waals surface area contributed by atoms with Crippen LogP contribution in [0.15, 0.2) is 35.1 Å². The highest BCUT2D eigenvalue weighted by atomic mass is 16.1. The van der Waals surface area contributed by atoms with Gasteiger partial charge in [-0.25, -0.2) is 4.98 Å². The van der Waals surface area contributed by atoms with Crippen LogP contribution in [-0.2, 0) is 6.54 Å². The maximum Gasteiger partial charge on any atom is 0.255 e. The van der Waals surface area contributed by atoms with E-state index < -0.39 is 0 Å². The van der Waals surface area contributed by atoms with Crippen LogP contribution in [0, 0.1) is 18.3 Å². The number of ketones is 1. The van der Waals surface area contributed by atoms with E-state index in [0.29, 0.717) is 46.6 Å². The first-order valence-electron chi connectivity index (χ1n) is 8.16. The van der Waals surface area contributed by atoms with E-state index in [9.17, 15) is 14.9 Å². The number of hydrogen-bond donors (Lipinski definition) is 0. The van der Waals surface area contributed by atoms with E-state index >= 15 is 0 Å². The van der Waals surface area contributed by atoms with Crippen molar-refractivity contribution in [3.63, 3.8) is 0 Å². The Bertz CT molecular complexity index is 1170. The SMILES string of the molecule is CCC(=O)c1cc2n(c(=O)c1C)Cc1c-2nc2ccccc2c1C#N. The molecule has 25 heavy (non-hydrogen) atoms. The Morgan fingerprint density at radius 1 is 1.36 bits per heavy atom. The molecule has 0 saturated carbocycles. The van der Waals surface area contributed by atoms with Gasteiger partial charge >= 0.3 is 0 Å². The minimum atomic E-state index is -0.194. The Balaban J connectivity index is 2.10. The van der Waals surface area contributed by atoms with E-state index in [-0.39, 0.29) is 11.3 Å². The topological polar surface area (TPSA) is 75.8 Å². The van der Waals surface area contributed by atoms with Crippen molar-refractivity contribution in [3.8, 4) is 17.5 Å². The van der Waals surface area contributed by atoms with Gasteiger partial charge in [-0.05, 0) is 19.1 Å². The van der Waals surface area contributed by atoms with Crippen LogP contribution in [0.1, 0.15) is 40.4 Å². The lowest BCUT2D eigenvalue weighted by Gasteiger charge is -2.09. The van der Waals surface area contributed by atoms with Crippen LogP contribution in [0.2, 0.25) is 0 Å². The third kappa shape index (κ3) is 2.04. The van der Waals surface area contributed by atoms with E-state index in [1.54, 1.807) is 24.5 Å². The molecule has 3 heterocycles. The number of aromatic nitrogens is 2. The monoisotopic (exact) mass is 329 g/mol. The maximum absolute atomic E-state index is 12.8. The molecule has 0 unspecified atom stereocenters. The van der Waals surface area contributed by atoms with Crippen molar-refractivity contribution in [1.82, 2.24) is 9.55 Å². The largest absolute Gasteiger partial charge is 0.302 e. The van der Waals surface area contributed by atoms with Gasteiger partial charge < -0.3 is 4.57 Å². The Hall–Kier alpha value is -3.26. The summed E-state index contributed by atoms with van der Waals surface area (Å²) >= 11 is 0. The lowest BCUT2D eigenvalue weighted by Crippen LogP contribution is -2.24. The maximum atomic E-state index is 12.8. The molecule has 122 valence electrons. The summed E-state index contributed by atoms with van der Waals surface area (Å²) in [5.41, 5.74) is 3.94. The van der Waals surface area contributed by atoms with E-state index in [1.807, 2.05) is 24.3 Å². The fourth-order valence-electron chi connectivity index (χ4n) is 3.49. The average molecular weight is 329 g/mol. The van der Waals surface area contributed by atoms with Gasteiger partial charge in [-0.1, -0.05) is 25.1 Å². The van der Waals surface area contributed by atoms with Gasteiger partial charge in [0.15, 0.2) is 5.78 Å². The van der Waals surface area contributed by atoms with Crippen LogP contribution in [-0.4, -0.2) is 15.3 Å². The van der Waals surface area contributed by atoms with Crippen molar-refractivity contribution < 1.29 is 4.79 Å². The second kappa shape index (κ2) is 5.38. The number of pyridine rings is 2. The summed E-state index contributed by atoms with van der Waals surface area (Å²) in [6.07, 6.45) is 0.338. The second-order valence-corrected chi connectivity index (χ2v) is 6.18. The minimum Gasteiger partial charge on any atom is -0.302 e. The van der Waals surface area contributed by atoms with Crippen molar-refractivity contribution in [1.29, 1.82) is 5.26 Å². The molecular weight excluding hydrogens is 314 g/mol. The van der Waals surface area contributed by atoms with Crippen LogP contribution in [0.3, 0.4) is 0 Å². The minimum absolute atomic E-state index is 0.0623. The molecule has 0 aliphatic carbocycles. The zero-order valence-corrected chi connectivity index (χ0v) is 14.0. The molecule has 1 aromatic carbocycles. The molecule has 0 spiro atoms. The van der Waals surface area contributed by atoms with Crippen molar-refractivity contribution in [2.45, 2.75) is 26.8 Å². The van der Waals surface area contributed by atoms with Crippen molar-refractivity contribution in [2.75, 3.05) is 0 Å². The van der Waals surface area contributed by atoms with E-state index in [0.717, 1.165) is 10.9 Å². The molecule has 0 amide bonds. The second-order valence-electron chi connectivity index (χ2n) is 6.18. The predicted octanol–water partition coefficient (Wildman–Crippen LogP) is 3.20. The zero-order chi connectivity index (χ0) is 17.7. The first kappa shape index (κ1) is 15.3. The first-order chi connectivity index (χ1) is 12.1. The van der Waals surface area contributed by atoms with Gasteiger partial charge in [-0.2, -0.15) is 5.26 Å². The van der Waals surface area contributed by atoms with Crippen LogP contribution in [0.25, 0.3) is 22.3 Å². The summed E-state index contributed by atoms with van der Waals surface area (Å²) in [7, 11) is 0. The quantitative estimate of drug-likeness (QED) is 0.529. The average Bonchev–Trinajstić information content (AvgIpc) is 3.00. The number of nitriles is 1. The van der Waals surface area contributed by atoms with Crippen LogP contribution in [0.5, 0.6) is 0 Å². The number of nitrogens with zero attached hydrogens (tertiary/aromatic N) is 3. The molecule has 4 rings (SSSR count). The number of benzene rings is 1. The molecule has 0 radical (unpaired) electrons. The highest BCUT2D eigenvalue weighted by molar-refractivity contribution is 5.98. The van der Waals surface area contributed by atoms with Gasteiger partial charge in [-0.3, -0.25) is 9.59 Å². The number of fused-ring (bicyclic) bond motifs is 4. The number of hydrogen-bond acceptors (Lipinski definition) is 4. The van der Waals surface area contributed by atoms with Gasteiger partial charge in [0.05, 0.1) is 29.0 Å². The normalized spacial score (nSPS) is 11.9. The van der Waals surface area contributed by atoms with Crippen molar-refractivity contribution >= 4 is 16.7 Å². The molecule has 5 nitrogen and oxygen atoms in total. The number of carbonyl (C=O) groups is 1. The van der Waals surface area contributed by atoms with Gasteiger partial charge in [0, 0.05) is 28.5 Å². The number of Topliss-reactive ketones (excluding diaryl/α,β-unsaturated/α-hetero) is 1. The number of carbonyl (C=O) groups excluding carboxylic acids is 1. The lowest BCUT2D eigenvalue weighted by molar-refractivity contribution is 0.0987. The van der Waals surface area contributed by atoms with Crippen molar-refractivity contribution in [2.24, 2.45) is 0 Å². The van der Waals surface area contributed by atoms with E-state index in [1.165, 1.54) is 0 Å². The molecule has 2 aromatic heterocycles. The fraction of sp³-hybridized carbons (Fsp3) is 0.200. The van der Waals surface area contributed by atoms with Gasteiger partial charge in [-0.15, -0.1) is 0 Å². The molecular formula is C20H15N3O2. The molecule has 5 heteroatoms. The molecule has 1 aliphatic heterocycles. The van der Waals surface area contributed by atoms with Crippen LogP contribution < -0.4 is 5.56 Å². The summed E-state index contributed by atoms with van der Waals surface area (Å²) in [5, 5.41) is 10.4.